The molecule has 2 aliphatic heterocycles. The molecule has 0 aliphatic carbocycles. The van der Waals surface area contributed by atoms with E-state index >= 15 is 0 Å². The third-order valence-electron chi connectivity index (χ3n) is 4.38. The molecule has 2 fully saturated rings. The van der Waals surface area contributed by atoms with Crippen LogP contribution in [0.3, 0.4) is 0 Å². The number of halogens is 2. The molecular formula is C17H21Cl2NO4. The maximum Gasteiger partial charge on any atom is 0.222 e. The summed E-state index contributed by atoms with van der Waals surface area (Å²) in [6.45, 7) is 3.11. The Morgan fingerprint density at radius 1 is 1.21 bits per heavy atom. The number of carbonyl (C=O) groups is 1. The van der Waals surface area contributed by atoms with E-state index < -0.39 is 5.79 Å². The van der Waals surface area contributed by atoms with Crippen molar-refractivity contribution in [1.29, 1.82) is 0 Å². The number of hydrogen-bond donors (Lipinski definition) is 0. The van der Waals surface area contributed by atoms with Gasteiger partial charge in [-0.2, -0.15) is 0 Å². The Morgan fingerprint density at radius 3 is 2.58 bits per heavy atom. The van der Waals surface area contributed by atoms with Crippen LogP contribution in [0, 0.1) is 0 Å². The van der Waals surface area contributed by atoms with E-state index in [4.69, 9.17) is 37.4 Å². The van der Waals surface area contributed by atoms with Crippen LogP contribution < -0.4 is 4.74 Å². The highest BCUT2D eigenvalue weighted by Gasteiger charge is 2.40. The standard InChI is InChI=1S/C17H21Cl2NO4/c18-13-3-4-15(14(19)12-13)22-9-1-2-16(21)20-7-5-17(6-8-20)23-10-11-24-17/h3-4,12H,1-2,5-11H2. The number of benzene rings is 1. The molecule has 0 radical (unpaired) electrons. The molecule has 2 saturated heterocycles. The fraction of sp³-hybridized carbons (Fsp3) is 0.588. The summed E-state index contributed by atoms with van der Waals surface area (Å²) >= 11 is 11.9. The quantitative estimate of drug-likeness (QED) is 0.740. The van der Waals surface area contributed by atoms with E-state index in [1.807, 2.05) is 4.90 Å². The molecule has 2 aliphatic rings. The van der Waals surface area contributed by atoms with Crippen molar-refractivity contribution in [1.82, 2.24) is 4.90 Å². The molecule has 5 nitrogen and oxygen atoms in total. The normalized spacial score (nSPS) is 19.7. The summed E-state index contributed by atoms with van der Waals surface area (Å²) < 4.78 is 17.0. The molecule has 3 rings (SSSR count). The van der Waals surface area contributed by atoms with Crippen molar-refractivity contribution in [2.75, 3.05) is 32.9 Å². The van der Waals surface area contributed by atoms with Crippen LogP contribution in [0.5, 0.6) is 5.75 Å². The van der Waals surface area contributed by atoms with Gasteiger partial charge in [0, 0.05) is 37.4 Å². The summed E-state index contributed by atoms with van der Waals surface area (Å²) in [5.41, 5.74) is 0. The van der Waals surface area contributed by atoms with Gasteiger partial charge in [-0.15, -0.1) is 0 Å². The van der Waals surface area contributed by atoms with E-state index in [0.717, 1.165) is 12.8 Å². The van der Waals surface area contributed by atoms with Gasteiger partial charge in [0.25, 0.3) is 0 Å². The van der Waals surface area contributed by atoms with Gasteiger partial charge in [-0.1, -0.05) is 23.2 Å². The minimum Gasteiger partial charge on any atom is -0.492 e. The van der Waals surface area contributed by atoms with E-state index in [0.29, 0.717) is 61.5 Å². The van der Waals surface area contributed by atoms with Gasteiger partial charge in [0.15, 0.2) is 5.79 Å². The van der Waals surface area contributed by atoms with Gasteiger partial charge >= 0.3 is 0 Å². The van der Waals surface area contributed by atoms with Gasteiger partial charge in [0.2, 0.25) is 5.91 Å². The van der Waals surface area contributed by atoms with Crippen molar-refractivity contribution in [3.8, 4) is 5.75 Å². The van der Waals surface area contributed by atoms with E-state index in [2.05, 4.69) is 0 Å². The average Bonchev–Trinajstić information content (AvgIpc) is 3.02. The van der Waals surface area contributed by atoms with E-state index in [1.54, 1.807) is 18.2 Å². The molecule has 0 atom stereocenters. The van der Waals surface area contributed by atoms with Gasteiger partial charge in [-0.25, -0.2) is 0 Å². The van der Waals surface area contributed by atoms with E-state index in [1.165, 1.54) is 0 Å². The molecule has 7 heteroatoms. The Balaban J connectivity index is 1.37. The first-order chi connectivity index (χ1) is 11.6. The lowest BCUT2D eigenvalue weighted by atomic mass is 10.0. The van der Waals surface area contributed by atoms with Crippen LogP contribution in [-0.2, 0) is 14.3 Å². The van der Waals surface area contributed by atoms with Crippen LogP contribution in [-0.4, -0.2) is 49.5 Å². The molecule has 0 saturated carbocycles. The van der Waals surface area contributed by atoms with Crippen molar-refractivity contribution in [2.24, 2.45) is 0 Å². The first-order valence-electron chi connectivity index (χ1n) is 8.22. The Hall–Kier alpha value is -1.01. The lowest BCUT2D eigenvalue weighted by Gasteiger charge is -2.37. The number of rotatable bonds is 5. The summed E-state index contributed by atoms with van der Waals surface area (Å²) in [6.07, 6.45) is 2.59. The molecule has 0 bridgehead atoms. The molecule has 0 unspecified atom stereocenters. The molecule has 2 heterocycles. The second-order valence-corrected chi connectivity index (χ2v) is 6.86. The maximum absolute atomic E-state index is 12.3. The van der Waals surface area contributed by atoms with Gasteiger partial charge < -0.3 is 19.1 Å². The smallest absolute Gasteiger partial charge is 0.222 e. The van der Waals surface area contributed by atoms with Gasteiger partial charge in [-0.05, 0) is 24.6 Å². The zero-order valence-corrected chi connectivity index (χ0v) is 14.9. The third kappa shape index (κ3) is 4.33. The maximum atomic E-state index is 12.3. The predicted molar refractivity (Wildman–Crippen MR) is 91.6 cm³/mol. The number of amides is 1. The first kappa shape index (κ1) is 17.8. The highest BCUT2D eigenvalue weighted by atomic mass is 35.5. The zero-order chi connectivity index (χ0) is 17.0. The molecule has 24 heavy (non-hydrogen) atoms. The molecule has 0 aromatic heterocycles. The highest BCUT2D eigenvalue weighted by Crippen LogP contribution is 2.31. The largest absolute Gasteiger partial charge is 0.492 e. The van der Waals surface area contributed by atoms with Gasteiger partial charge in [-0.3, -0.25) is 4.79 Å². The third-order valence-corrected chi connectivity index (χ3v) is 4.91. The van der Waals surface area contributed by atoms with Gasteiger partial charge in [0.05, 0.1) is 24.8 Å². The summed E-state index contributed by atoms with van der Waals surface area (Å²) in [4.78, 5) is 14.2. The molecular weight excluding hydrogens is 353 g/mol. The van der Waals surface area contributed by atoms with Crippen molar-refractivity contribution in [2.45, 2.75) is 31.5 Å². The lowest BCUT2D eigenvalue weighted by molar-refractivity contribution is -0.187. The van der Waals surface area contributed by atoms with Crippen molar-refractivity contribution < 1.29 is 19.0 Å². The minimum absolute atomic E-state index is 0.147. The van der Waals surface area contributed by atoms with Crippen molar-refractivity contribution in [3.63, 3.8) is 0 Å². The SMILES string of the molecule is O=C(CCCOc1ccc(Cl)cc1Cl)N1CCC2(CC1)OCCO2. The van der Waals surface area contributed by atoms with Crippen LogP contribution in [0.4, 0.5) is 0 Å². The number of ether oxygens (including phenoxy) is 3. The monoisotopic (exact) mass is 373 g/mol. The molecule has 0 N–H and O–H groups in total. The topological polar surface area (TPSA) is 48.0 Å². The number of likely N-dealkylation sites (tertiary alicyclic amines) is 1. The number of piperidine rings is 1. The Labute approximate surface area is 151 Å². The minimum atomic E-state index is -0.439. The van der Waals surface area contributed by atoms with E-state index in [9.17, 15) is 4.79 Å². The molecule has 1 amide bonds. The van der Waals surface area contributed by atoms with E-state index in [-0.39, 0.29) is 5.91 Å². The second-order valence-electron chi connectivity index (χ2n) is 6.02. The van der Waals surface area contributed by atoms with Gasteiger partial charge in [0.1, 0.15) is 5.75 Å². The zero-order valence-electron chi connectivity index (χ0n) is 13.4. The Kier molecular flexibility index (Phi) is 5.87. The molecule has 1 aromatic rings. The number of nitrogens with zero attached hydrogens (tertiary/aromatic N) is 1. The fourth-order valence-corrected chi connectivity index (χ4v) is 3.50. The lowest BCUT2D eigenvalue weighted by Crippen LogP contribution is -2.47. The van der Waals surface area contributed by atoms with Crippen molar-refractivity contribution >= 4 is 29.1 Å². The summed E-state index contributed by atoms with van der Waals surface area (Å²) in [5.74, 6) is 0.295. The summed E-state index contributed by atoms with van der Waals surface area (Å²) in [5, 5.41) is 1.05. The Morgan fingerprint density at radius 2 is 1.92 bits per heavy atom. The van der Waals surface area contributed by atoms with Crippen LogP contribution in [0.15, 0.2) is 18.2 Å². The Bertz CT molecular complexity index is 580. The highest BCUT2D eigenvalue weighted by molar-refractivity contribution is 6.35. The molecule has 1 aromatic carbocycles. The van der Waals surface area contributed by atoms with Crippen LogP contribution in [0.25, 0.3) is 0 Å². The summed E-state index contributed by atoms with van der Waals surface area (Å²) in [6, 6.07) is 5.10. The predicted octanol–water partition coefficient (Wildman–Crippen LogP) is 3.52. The average molecular weight is 374 g/mol. The first-order valence-corrected chi connectivity index (χ1v) is 8.97. The fourth-order valence-electron chi connectivity index (χ4n) is 3.04. The number of hydrogen-bond acceptors (Lipinski definition) is 4. The summed E-state index contributed by atoms with van der Waals surface area (Å²) in [7, 11) is 0. The van der Waals surface area contributed by atoms with Crippen molar-refractivity contribution in [3.05, 3.63) is 28.2 Å². The van der Waals surface area contributed by atoms with Crippen LogP contribution >= 0.6 is 23.2 Å². The molecule has 1 spiro atoms. The number of carbonyl (C=O) groups excluding carboxylic acids is 1. The molecule has 132 valence electrons. The second kappa shape index (κ2) is 7.91. The van der Waals surface area contributed by atoms with Crippen LogP contribution in [0.1, 0.15) is 25.7 Å². The van der Waals surface area contributed by atoms with Crippen LogP contribution in [0.2, 0.25) is 10.0 Å².